The van der Waals surface area contributed by atoms with E-state index in [-0.39, 0.29) is 5.56 Å². The molecule has 0 fully saturated rings. The quantitative estimate of drug-likeness (QED) is 0.225. The van der Waals surface area contributed by atoms with Gasteiger partial charge in [-0.1, -0.05) is 0 Å². The lowest BCUT2D eigenvalue weighted by Crippen LogP contribution is -2.39. The first-order valence-corrected chi connectivity index (χ1v) is 4.64. The Kier molecular flexibility index (Phi) is 3.89. The van der Waals surface area contributed by atoms with Crippen LogP contribution >= 0.6 is 0 Å². The van der Waals surface area contributed by atoms with Crippen LogP contribution in [0.1, 0.15) is 5.56 Å². The van der Waals surface area contributed by atoms with E-state index in [2.05, 4.69) is 0 Å². The van der Waals surface area contributed by atoms with Crippen LogP contribution in [0.15, 0.2) is 12.1 Å². The summed E-state index contributed by atoms with van der Waals surface area (Å²) >= 11 is 0. The number of carbonyl (C=O) groups excluding carboxylic acids is 2. The van der Waals surface area contributed by atoms with Gasteiger partial charge in [0.05, 0.1) is 4.92 Å². The number of hydrogen-bond donors (Lipinski definition) is 3. The Balaban J connectivity index is 3.21. The Labute approximate surface area is 100 Å². The molecule has 0 saturated carbocycles. The van der Waals surface area contributed by atoms with Crippen molar-refractivity contribution >= 4 is 23.2 Å². The molecule has 0 spiro atoms. The largest absolute Gasteiger partial charge is 0.323 e. The van der Waals surface area contributed by atoms with Crippen molar-refractivity contribution in [1.82, 2.24) is 5.43 Å². The van der Waals surface area contributed by atoms with E-state index in [1.807, 2.05) is 0 Å². The highest BCUT2D eigenvalue weighted by atomic mass is 19.1. The molecule has 0 aliphatic rings. The van der Waals surface area contributed by atoms with Crippen molar-refractivity contribution in [1.29, 1.82) is 0 Å². The number of nitrogens with two attached hydrogens (primary N) is 1. The lowest BCUT2D eigenvalue weighted by molar-refractivity contribution is -0.384. The van der Waals surface area contributed by atoms with Gasteiger partial charge in [-0.25, -0.2) is 10.2 Å². The van der Waals surface area contributed by atoms with Gasteiger partial charge in [-0.15, -0.1) is 0 Å². The van der Waals surface area contributed by atoms with Gasteiger partial charge >= 0.3 is 11.8 Å². The van der Waals surface area contributed by atoms with E-state index < -0.39 is 33.9 Å². The monoisotopic (exact) mass is 256 g/mol. The van der Waals surface area contributed by atoms with Crippen LogP contribution in [0.4, 0.5) is 15.8 Å². The molecular formula is C9H9FN4O4. The summed E-state index contributed by atoms with van der Waals surface area (Å²) in [4.78, 5) is 31.8. The second-order valence-electron chi connectivity index (χ2n) is 3.28. The fourth-order valence-corrected chi connectivity index (χ4v) is 1.18. The topological polar surface area (TPSA) is 127 Å². The third-order valence-corrected chi connectivity index (χ3v) is 2.09. The Hall–Kier alpha value is -2.55. The van der Waals surface area contributed by atoms with Crippen molar-refractivity contribution in [2.75, 3.05) is 5.32 Å². The number of halogens is 1. The summed E-state index contributed by atoms with van der Waals surface area (Å²) in [6.45, 7) is 1.36. The van der Waals surface area contributed by atoms with E-state index in [4.69, 9.17) is 5.84 Å². The molecule has 0 bridgehead atoms. The number of nitro groups is 1. The van der Waals surface area contributed by atoms with E-state index in [1.165, 1.54) is 18.4 Å². The molecule has 0 aromatic heterocycles. The third kappa shape index (κ3) is 2.58. The molecule has 0 aliphatic carbocycles. The summed E-state index contributed by atoms with van der Waals surface area (Å²) in [7, 11) is 0. The maximum Gasteiger partial charge on any atom is 0.323 e. The van der Waals surface area contributed by atoms with Gasteiger partial charge in [-0.05, 0) is 18.6 Å². The van der Waals surface area contributed by atoms with Crippen LogP contribution in [-0.4, -0.2) is 16.7 Å². The number of anilines is 1. The average molecular weight is 256 g/mol. The van der Waals surface area contributed by atoms with Crippen molar-refractivity contribution in [3.05, 3.63) is 33.6 Å². The predicted octanol–water partition coefficient (Wildman–Crippen LogP) is -0.0293. The van der Waals surface area contributed by atoms with Crippen LogP contribution in [0, 0.1) is 22.9 Å². The van der Waals surface area contributed by atoms with Crippen LogP contribution in [0.3, 0.4) is 0 Å². The first-order valence-electron chi connectivity index (χ1n) is 4.64. The van der Waals surface area contributed by atoms with Gasteiger partial charge in [-0.3, -0.25) is 25.1 Å². The number of hydrazine groups is 1. The third-order valence-electron chi connectivity index (χ3n) is 2.09. The Morgan fingerprint density at radius 2 is 2.00 bits per heavy atom. The number of nitro benzene ring substituents is 1. The number of nitrogens with zero attached hydrogens (tertiary/aromatic N) is 1. The van der Waals surface area contributed by atoms with Crippen molar-refractivity contribution in [2.24, 2.45) is 5.84 Å². The predicted molar refractivity (Wildman–Crippen MR) is 58.8 cm³/mol. The van der Waals surface area contributed by atoms with E-state index in [1.54, 1.807) is 5.32 Å². The van der Waals surface area contributed by atoms with Crippen molar-refractivity contribution in [2.45, 2.75) is 6.92 Å². The van der Waals surface area contributed by atoms with Gasteiger partial charge in [0.1, 0.15) is 0 Å². The lowest BCUT2D eigenvalue weighted by Gasteiger charge is -2.07. The number of carbonyl (C=O) groups is 2. The summed E-state index contributed by atoms with van der Waals surface area (Å²) in [5.41, 5.74) is 0.283. The lowest BCUT2D eigenvalue weighted by atomic mass is 10.1. The molecule has 1 aromatic rings. The molecule has 18 heavy (non-hydrogen) atoms. The molecule has 0 saturated heterocycles. The zero-order chi connectivity index (χ0) is 13.9. The molecule has 0 atom stereocenters. The summed E-state index contributed by atoms with van der Waals surface area (Å²) in [5, 5.41) is 12.5. The molecule has 0 aliphatic heterocycles. The number of amides is 2. The minimum Gasteiger partial charge on any atom is -0.310 e. The molecule has 4 N–H and O–H groups in total. The fourth-order valence-electron chi connectivity index (χ4n) is 1.18. The molecule has 0 heterocycles. The standard InChI is InChI=1S/C9H9FN4O4/c1-4-2-3-5(14(17)18)7(6(4)10)12-8(15)9(16)13-11/h2-3H,11H2,1H3,(H,12,15)(H,13,16). The van der Waals surface area contributed by atoms with E-state index in [0.29, 0.717) is 0 Å². The van der Waals surface area contributed by atoms with Crippen molar-refractivity contribution < 1.29 is 18.9 Å². The van der Waals surface area contributed by atoms with Crippen LogP contribution in [-0.2, 0) is 9.59 Å². The van der Waals surface area contributed by atoms with Gasteiger partial charge < -0.3 is 5.32 Å². The number of rotatable bonds is 2. The Morgan fingerprint density at radius 3 is 2.50 bits per heavy atom. The van der Waals surface area contributed by atoms with Crippen molar-refractivity contribution in [3.8, 4) is 0 Å². The second kappa shape index (κ2) is 5.19. The molecule has 1 rings (SSSR count). The van der Waals surface area contributed by atoms with Crippen LogP contribution in [0.2, 0.25) is 0 Å². The molecule has 9 heteroatoms. The molecule has 96 valence electrons. The number of hydrogen-bond acceptors (Lipinski definition) is 5. The Bertz CT molecular complexity index is 532. The van der Waals surface area contributed by atoms with E-state index in [9.17, 15) is 24.1 Å². The summed E-state index contributed by atoms with van der Waals surface area (Å²) in [6, 6.07) is 2.21. The molecular weight excluding hydrogens is 247 g/mol. The van der Waals surface area contributed by atoms with E-state index in [0.717, 1.165) is 6.07 Å². The molecule has 0 radical (unpaired) electrons. The molecule has 8 nitrogen and oxygen atoms in total. The number of aryl methyl sites for hydroxylation is 1. The highest BCUT2D eigenvalue weighted by Crippen LogP contribution is 2.29. The summed E-state index contributed by atoms with van der Waals surface area (Å²) in [6.07, 6.45) is 0. The first kappa shape index (κ1) is 13.5. The summed E-state index contributed by atoms with van der Waals surface area (Å²) < 4.78 is 13.7. The van der Waals surface area contributed by atoms with Crippen LogP contribution < -0.4 is 16.6 Å². The minimum atomic E-state index is -1.30. The van der Waals surface area contributed by atoms with Gasteiger partial charge in [-0.2, -0.15) is 0 Å². The van der Waals surface area contributed by atoms with Gasteiger partial charge in [0.15, 0.2) is 11.5 Å². The molecule has 0 unspecified atom stereocenters. The number of benzene rings is 1. The van der Waals surface area contributed by atoms with Gasteiger partial charge in [0, 0.05) is 6.07 Å². The van der Waals surface area contributed by atoms with Crippen LogP contribution in [0.5, 0.6) is 0 Å². The fraction of sp³-hybridized carbons (Fsp3) is 0.111. The smallest absolute Gasteiger partial charge is 0.310 e. The zero-order valence-electron chi connectivity index (χ0n) is 9.19. The van der Waals surface area contributed by atoms with Crippen LogP contribution in [0.25, 0.3) is 0 Å². The average Bonchev–Trinajstić information content (AvgIpc) is 2.33. The highest BCUT2D eigenvalue weighted by molar-refractivity contribution is 6.39. The first-order chi connectivity index (χ1) is 8.38. The Morgan fingerprint density at radius 1 is 1.39 bits per heavy atom. The second-order valence-corrected chi connectivity index (χ2v) is 3.28. The minimum absolute atomic E-state index is 0.0871. The maximum atomic E-state index is 13.7. The summed E-state index contributed by atoms with van der Waals surface area (Å²) in [5.74, 6) is 1.17. The van der Waals surface area contributed by atoms with Gasteiger partial charge in [0.25, 0.3) is 5.69 Å². The van der Waals surface area contributed by atoms with Gasteiger partial charge in [0.2, 0.25) is 0 Å². The maximum absolute atomic E-state index is 13.7. The normalized spacial score (nSPS) is 9.72. The SMILES string of the molecule is Cc1ccc([N+](=O)[O-])c(NC(=O)C(=O)NN)c1F. The zero-order valence-corrected chi connectivity index (χ0v) is 9.19. The highest BCUT2D eigenvalue weighted by Gasteiger charge is 2.24. The van der Waals surface area contributed by atoms with E-state index >= 15 is 0 Å². The number of nitrogens with one attached hydrogen (secondary N) is 2. The van der Waals surface area contributed by atoms with Crippen molar-refractivity contribution in [3.63, 3.8) is 0 Å². The molecule has 2 amide bonds. The molecule has 1 aromatic carbocycles.